The minimum atomic E-state index is -0.454. The zero-order valence-electron chi connectivity index (χ0n) is 7.93. The number of phenolic OH excluding ortho intramolecular Hbond substituents is 2. The summed E-state index contributed by atoms with van der Waals surface area (Å²) in [6, 6.07) is 6.22. The molecule has 0 atom stereocenters. The molecule has 3 aromatic rings. The number of fused-ring (bicyclic) bond motifs is 3. The van der Waals surface area contributed by atoms with Crippen molar-refractivity contribution >= 4 is 32.4 Å². The lowest BCUT2D eigenvalue weighted by atomic mass is 10.1. The predicted molar refractivity (Wildman–Crippen MR) is 61.2 cm³/mol. The van der Waals surface area contributed by atoms with E-state index in [1.807, 2.05) is 0 Å². The Hall–Kier alpha value is -2.01. The van der Waals surface area contributed by atoms with Crippen LogP contribution in [0.5, 0.6) is 11.5 Å². The first-order valence-corrected chi connectivity index (χ1v) is 5.36. The lowest BCUT2D eigenvalue weighted by Gasteiger charge is -2.02. The lowest BCUT2D eigenvalue weighted by Crippen LogP contribution is -1.80. The molecule has 2 N–H and O–H groups in total. The van der Waals surface area contributed by atoms with Crippen LogP contribution in [-0.4, -0.2) is 10.2 Å². The fraction of sp³-hybridized carbons (Fsp3) is 0. The number of hydrogen-bond donors (Lipinski definition) is 2. The van der Waals surface area contributed by atoms with Crippen LogP contribution in [0.15, 0.2) is 33.5 Å². The van der Waals surface area contributed by atoms with Gasteiger partial charge in [-0.2, -0.15) is 0 Å². The topological polar surface area (TPSA) is 70.7 Å². The van der Waals surface area contributed by atoms with Crippen LogP contribution >= 0.6 is 11.3 Å². The van der Waals surface area contributed by atoms with Crippen molar-refractivity contribution in [1.82, 2.24) is 0 Å². The molecule has 16 heavy (non-hydrogen) atoms. The van der Waals surface area contributed by atoms with Gasteiger partial charge in [-0.25, -0.2) is 4.79 Å². The summed E-state index contributed by atoms with van der Waals surface area (Å²) >= 11 is 0.897. The van der Waals surface area contributed by atoms with E-state index in [1.54, 1.807) is 12.1 Å². The average molecular weight is 234 g/mol. The maximum Gasteiger partial charge on any atom is 0.396 e. The minimum Gasteiger partial charge on any atom is -0.507 e. The van der Waals surface area contributed by atoms with Crippen molar-refractivity contribution in [2.45, 2.75) is 0 Å². The number of benzene rings is 2. The van der Waals surface area contributed by atoms with Gasteiger partial charge in [-0.05, 0) is 6.07 Å². The van der Waals surface area contributed by atoms with Gasteiger partial charge in [0.2, 0.25) is 0 Å². The SMILES string of the molecule is O=c1oc2c(cc(O)c3cccc(O)c32)s1. The summed E-state index contributed by atoms with van der Waals surface area (Å²) in [5.74, 6) is 0.00963. The van der Waals surface area contributed by atoms with Crippen LogP contribution in [0.1, 0.15) is 0 Å². The van der Waals surface area contributed by atoms with Crippen LogP contribution < -0.4 is 4.94 Å². The van der Waals surface area contributed by atoms with E-state index < -0.39 is 4.94 Å². The molecule has 0 bridgehead atoms. The highest BCUT2D eigenvalue weighted by Gasteiger charge is 2.13. The van der Waals surface area contributed by atoms with E-state index >= 15 is 0 Å². The summed E-state index contributed by atoms with van der Waals surface area (Å²) < 4.78 is 5.53. The molecule has 2 aromatic carbocycles. The van der Waals surface area contributed by atoms with Crippen LogP contribution in [0.3, 0.4) is 0 Å². The molecule has 4 nitrogen and oxygen atoms in total. The average Bonchev–Trinajstić information content (AvgIpc) is 2.59. The molecule has 0 saturated heterocycles. The van der Waals surface area contributed by atoms with E-state index in [4.69, 9.17) is 4.42 Å². The Bertz CT molecular complexity index is 754. The Labute approximate surface area is 93.0 Å². The summed E-state index contributed by atoms with van der Waals surface area (Å²) in [5, 5.41) is 20.3. The maximum atomic E-state index is 11.1. The molecule has 3 rings (SSSR count). The van der Waals surface area contributed by atoms with Crippen LogP contribution in [-0.2, 0) is 0 Å². The van der Waals surface area contributed by atoms with E-state index in [0.29, 0.717) is 21.1 Å². The van der Waals surface area contributed by atoms with Gasteiger partial charge in [0.05, 0.1) is 10.1 Å². The largest absolute Gasteiger partial charge is 0.507 e. The Morgan fingerprint density at radius 3 is 2.81 bits per heavy atom. The molecule has 0 saturated carbocycles. The summed E-state index contributed by atoms with van der Waals surface area (Å²) in [4.78, 5) is 10.7. The van der Waals surface area contributed by atoms with E-state index in [2.05, 4.69) is 0 Å². The molecule has 0 aliphatic carbocycles. The first-order chi connectivity index (χ1) is 7.66. The van der Waals surface area contributed by atoms with Crippen LogP contribution in [0, 0.1) is 0 Å². The number of rotatable bonds is 0. The fourth-order valence-electron chi connectivity index (χ4n) is 1.75. The second-order valence-corrected chi connectivity index (χ2v) is 4.35. The van der Waals surface area contributed by atoms with Gasteiger partial charge in [-0.1, -0.05) is 23.5 Å². The standard InChI is InChI=1S/C11H6O4S/c12-6-3-1-2-5-7(13)4-8-10(9(5)6)15-11(14)16-8/h1-4,12-13H. The van der Waals surface area contributed by atoms with Gasteiger partial charge >= 0.3 is 4.94 Å². The molecule has 0 spiro atoms. The predicted octanol–water partition coefficient (Wildman–Crippen LogP) is 2.42. The zero-order chi connectivity index (χ0) is 11.3. The van der Waals surface area contributed by atoms with Gasteiger partial charge in [-0.15, -0.1) is 0 Å². The number of aromatic hydroxyl groups is 2. The van der Waals surface area contributed by atoms with E-state index in [0.717, 1.165) is 11.3 Å². The van der Waals surface area contributed by atoms with Crippen LogP contribution in [0.25, 0.3) is 21.1 Å². The van der Waals surface area contributed by atoms with Crippen molar-refractivity contribution in [2.75, 3.05) is 0 Å². The van der Waals surface area contributed by atoms with E-state index in [1.165, 1.54) is 12.1 Å². The van der Waals surface area contributed by atoms with Crippen molar-refractivity contribution in [3.63, 3.8) is 0 Å². The Balaban J connectivity index is 2.71. The van der Waals surface area contributed by atoms with Crippen molar-refractivity contribution in [2.24, 2.45) is 0 Å². The second-order valence-electron chi connectivity index (χ2n) is 3.38. The number of hydrogen-bond acceptors (Lipinski definition) is 5. The number of phenols is 2. The molecule has 1 aromatic heterocycles. The summed E-state index contributed by atoms with van der Waals surface area (Å²) in [7, 11) is 0. The van der Waals surface area contributed by atoms with Gasteiger partial charge < -0.3 is 14.6 Å². The van der Waals surface area contributed by atoms with Gasteiger partial charge in [0, 0.05) is 11.5 Å². The van der Waals surface area contributed by atoms with Crippen LogP contribution in [0.4, 0.5) is 0 Å². The Morgan fingerprint density at radius 1 is 1.19 bits per heavy atom. The molecule has 0 aliphatic heterocycles. The van der Waals surface area contributed by atoms with Gasteiger partial charge in [0.25, 0.3) is 0 Å². The molecule has 0 unspecified atom stereocenters. The third kappa shape index (κ3) is 1.12. The third-order valence-corrected chi connectivity index (χ3v) is 3.19. The molecule has 0 aliphatic rings. The van der Waals surface area contributed by atoms with E-state index in [-0.39, 0.29) is 11.5 Å². The minimum absolute atomic E-state index is 0.0139. The smallest absolute Gasteiger partial charge is 0.396 e. The molecule has 0 radical (unpaired) electrons. The Kier molecular flexibility index (Phi) is 1.73. The highest BCUT2D eigenvalue weighted by atomic mass is 32.1. The van der Waals surface area contributed by atoms with Gasteiger partial charge in [0.15, 0.2) is 5.58 Å². The lowest BCUT2D eigenvalue weighted by molar-refractivity contribution is 0.475. The first-order valence-electron chi connectivity index (χ1n) is 4.54. The fourth-order valence-corrected chi connectivity index (χ4v) is 2.47. The first kappa shape index (κ1) is 9.23. The van der Waals surface area contributed by atoms with Crippen LogP contribution in [0.2, 0.25) is 0 Å². The van der Waals surface area contributed by atoms with Gasteiger partial charge in [0.1, 0.15) is 11.5 Å². The zero-order valence-corrected chi connectivity index (χ0v) is 8.75. The van der Waals surface area contributed by atoms with Crippen molar-refractivity contribution in [3.05, 3.63) is 34.0 Å². The maximum absolute atomic E-state index is 11.1. The molecule has 80 valence electrons. The third-order valence-electron chi connectivity index (χ3n) is 2.42. The monoisotopic (exact) mass is 234 g/mol. The highest BCUT2D eigenvalue weighted by Crippen LogP contribution is 2.38. The highest BCUT2D eigenvalue weighted by molar-refractivity contribution is 7.16. The molecular formula is C11H6O4S. The molecule has 0 amide bonds. The molecule has 5 heteroatoms. The Morgan fingerprint density at radius 2 is 2.00 bits per heavy atom. The summed E-state index contributed by atoms with van der Waals surface area (Å²) in [5.41, 5.74) is 0.320. The molecular weight excluding hydrogens is 228 g/mol. The molecule has 0 fully saturated rings. The molecule has 1 heterocycles. The normalized spacial score (nSPS) is 11.2. The quantitative estimate of drug-likeness (QED) is 0.626. The van der Waals surface area contributed by atoms with E-state index in [9.17, 15) is 15.0 Å². The van der Waals surface area contributed by atoms with Gasteiger partial charge in [-0.3, -0.25) is 0 Å². The van der Waals surface area contributed by atoms with Crippen molar-refractivity contribution in [1.29, 1.82) is 0 Å². The van der Waals surface area contributed by atoms with Crippen molar-refractivity contribution < 1.29 is 14.6 Å². The summed E-state index contributed by atoms with van der Waals surface area (Å²) in [6.07, 6.45) is 0. The van der Waals surface area contributed by atoms with Crippen molar-refractivity contribution in [3.8, 4) is 11.5 Å². The summed E-state index contributed by atoms with van der Waals surface area (Å²) in [6.45, 7) is 0. The second kappa shape index (κ2) is 2.99.